The molecule has 0 heterocycles. The van der Waals surface area contributed by atoms with Crippen LogP contribution < -0.4 is 10.6 Å². The van der Waals surface area contributed by atoms with Gasteiger partial charge in [0, 0.05) is 24.5 Å². The van der Waals surface area contributed by atoms with Crippen LogP contribution in [0.2, 0.25) is 0 Å². The fourth-order valence-electron chi connectivity index (χ4n) is 1.51. The quantitative estimate of drug-likeness (QED) is 0.552. The van der Waals surface area contributed by atoms with Crippen LogP contribution in [-0.4, -0.2) is 35.7 Å². The number of aliphatic hydroxyl groups is 1. The number of aliphatic hydroxyl groups excluding tert-OH is 1. The second-order valence-corrected chi connectivity index (χ2v) is 4.46. The summed E-state index contributed by atoms with van der Waals surface area (Å²) in [7, 11) is 0. The standard InChI is InChI=1S/C10H18N2O2/c13-7-10(4-5-10)11-6-3-9(14)12-8-1-2-8/h8,11,13H,1-7H2,(H,12,14). The third-order valence-electron chi connectivity index (χ3n) is 2.95. The van der Waals surface area contributed by atoms with Crippen molar-refractivity contribution in [3.05, 3.63) is 0 Å². The highest BCUT2D eigenvalue weighted by molar-refractivity contribution is 5.76. The van der Waals surface area contributed by atoms with Crippen LogP contribution in [0.3, 0.4) is 0 Å². The molecule has 4 nitrogen and oxygen atoms in total. The number of hydrogen-bond acceptors (Lipinski definition) is 3. The molecule has 0 atom stereocenters. The minimum absolute atomic E-state index is 0.0418. The van der Waals surface area contributed by atoms with Crippen LogP contribution in [0, 0.1) is 0 Å². The lowest BCUT2D eigenvalue weighted by atomic mass is 10.3. The molecular formula is C10H18N2O2. The van der Waals surface area contributed by atoms with E-state index in [1.54, 1.807) is 0 Å². The lowest BCUT2D eigenvalue weighted by molar-refractivity contribution is -0.121. The molecule has 2 rings (SSSR count). The van der Waals surface area contributed by atoms with Crippen LogP contribution in [0.15, 0.2) is 0 Å². The zero-order valence-electron chi connectivity index (χ0n) is 8.38. The largest absolute Gasteiger partial charge is 0.394 e. The normalized spacial score (nSPS) is 23.2. The van der Waals surface area contributed by atoms with Gasteiger partial charge in [0.15, 0.2) is 0 Å². The van der Waals surface area contributed by atoms with E-state index in [0.29, 0.717) is 19.0 Å². The minimum Gasteiger partial charge on any atom is -0.394 e. The summed E-state index contributed by atoms with van der Waals surface area (Å²) >= 11 is 0. The van der Waals surface area contributed by atoms with Gasteiger partial charge in [-0.05, 0) is 25.7 Å². The first-order valence-electron chi connectivity index (χ1n) is 5.39. The number of hydrogen-bond donors (Lipinski definition) is 3. The number of rotatable bonds is 6. The van der Waals surface area contributed by atoms with Gasteiger partial charge in [0.25, 0.3) is 0 Å². The Labute approximate surface area is 84.1 Å². The molecule has 3 N–H and O–H groups in total. The van der Waals surface area contributed by atoms with Crippen LogP contribution in [0.1, 0.15) is 32.1 Å². The summed E-state index contributed by atoms with van der Waals surface area (Å²) in [5, 5.41) is 15.2. The van der Waals surface area contributed by atoms with E-state index in [1.807, 2.05) is 0 Å². The van der Waals surface area contributed by atoms with Crippen LogP contribution in [-0.2, 0) is 4.79 Å². The number of nitrogens with one attached hydrogen (secondary N) is 2. The molecule has 80 valence electrons. The van der Waals surface area contributed by atoms with Crippen LogP contribution in [0.4, 0.5) is 0 Å². The Morgan fingerprint density at radius 2 is 2.14 bits per heavy atom. The van der Waals surface area contributed by atoms with Gasteiger partial charge in [-0.25, -0.2) is 0 Å². The van der Waals surface area contributed by atoms with Crippen molar-refractivity contribution in [1.82, 2.24) is 10.6 Å². The van der Waals surface area contributed by atoms with E-state index in [0.717, 1.165) is 25.7 Å². The van der Waals surface area contributed by atoms with Gasteiger partial charge < -0.3 is 15.7 Å². The molecule has 2 aliphatic carbocycles. The number of amides is 1. The van der Waals surface area contributed by atoms with Gasteiger partial charge in [-0.2, -0.15) is 0 Å². The third kappa shape index (κ3) is 2.69. The third-order valence-corrected chi connectivity index (χ3v) is 2.95. The molecule has 2 fully saturated rings. The molecule has 2 aliphatic rings. The van der Waals surface area contributed by atoms with E-state index >= 15 is 0 Å². The summed E-state index contributed by atoms with van der Waals surface area (Å²) in [5.74, 6) is 0.133. The molecule has 0 saturated heterocycles. The minimum atomic E-state index is -0.0418. The van der Waals surface area contributed by atoms with E-state index in [2.05, 4.69) is 10.6 Å². The lowest BCUT2D eigenvalue weighted by Crippen LogP contribution is -2.38. The smallest absolute Gasteiger partial charge is 0.221 e. The van der Waals surface area contributed by atoms with Crippen molar-refractivity contribution in [2.45, 2.75) is 43.7 Å². The molecule has 0 bridgehead atoms. The number of carbonyl (C=O) groups excluding carboxylic acids is 1. The van der Waals surface area contributed by atoms with Gasteiger partial charge in [0.1, 0.15) is 0 Å². The maximum atomic E-state index is 11.3. The zero-order valence-corrected chi connectivity index (χ0v) is 8.38. The first-order chi connectivity index (χ1) is 6.74. The lowest BCUT2D eigenvalue weighted by Gasteiger charge is -2.13. The van der Waals surface area contributed by atoms with E-state index < -0.39 is 0 Å². The molecule has 0 aromatic rings. The topological polar surface area (TPSA) is 61.4 Å². The molecule has 0 aliphatic heterocycles. The molecule has 2 saturated carbocycles. The maximum absolute atomic E-state index is 11.3. The monoisotopic (exact) mass is 198 g/mol. The second-order valence-electron chi connectivity index (χ2n) is 4.46. The van der Waals surface area contributed by atoms with Crippen LogP contribution in [0.5, 0.6) is 0 Å². The Hall–Kier alpha value is -0.610. The molecular weight excluding hydrogens is 180 g/mol. The average Bonchev–Trinajstić information content (AvgIpc) is 3.00. The molecule has 0 radical (unpaired) electrons. The van der Waals surface area contributed by atoms with Crippen molar-refractivity contribution in [3.63, 3.8) is 0 Å². The Morgan fingerprint density at radius 3 is 2.64 bits per heavy atom. The molecule has 0 spiro atoms. The Bertz CT molecular complexity index is 222. The Balaban J connectivity index is 1.55. The van der Waals surface area contributed by atoms with Crippen molar-refractivity contribution >= 4 is 5.91 Å². The van der Waals surface area contributed by atoms with Crippen molar-refractivity contribution in [2.75, 3.05) is 13.2 Å². The molecule has 4 heteroatoms. The van der Waals surface area contributed by atoms with Crippen LogP contribution >= 0.6 is 0 Å². The highest BCUT2D eigenvalue weighted by atomic mass is 16.3. The summed E-state index contributed by atoms with van der Waals surface area (Å²) in [6.07, 6.45) is 4.87. The van der Waals surface area contributed by atoms with Gasteiger partial charge >= 0.3 is 0 Å². The molecule has 0 aromatic heterocycles. The highest BCUT2D eigenvalue weighted by Gasteiger charge is 2.41. The van der Waals surface area contributed by atoms with Crippen molar-refractivity contribution < 1.29 is 9.90 Å². The second kappa shape index (κ2) is 3.87. The Kier molecular flexibility index (Phi) is 2.74. The Morgan fingerprint density at radius 1 is 1.43 bits per heavy atom. The van der Waals surface area contributed by atoms with Gasteiger partial charge in [-0.1, -0.05) is 0 Å². The predicted molar refractivity (Wildman–Crippen MR) is 52.8 cm³/mol. The van der Waals surface area contributed by atoms with Gasteiger partial charge in [0.05, 0.1) is 6.61 Å². The summed E-state index contributed by atoms with van der Waals surface area (Å²) in [6.45, 7) is 0.871. The molecule has 0 unspecified atom stereocenters. The SMILES string of the molecule is O=C(CCNC1(CO)CC1)NC1CC1. The molecule has 14 heavy (non-hydrogen) atoms. The summed E-state index contributed by atoms with van der Waals surface area (Å²) in [6, 6.07) is 0.454. The van der Waals surface area contributed by atoms with Crippen molar-refractivity contribution in [1.29, 1.82) is 0 Å². The van der Waals surface area contributed by atoms with E-state index in [9.17, 15) is 4.79 Å². The zero-order chi connectivity index (χ0) is 10.0. The van der Waals surface area contributed by atoms with E-state index in [-0.39, 0.29) is 18.1 Å². The highest BCUT2D eigenvalue weighted by Crippen LogP contribution is 2.34. The maximum Gasteiger partial charge on any atom is 0.221 e. The number of carbonyl (C=O) groups is 1. The summed E-state index contributed by atoms with van der Waals surface area (Å²) in [5.41, 5.74) is -0.0418. The average molecular weight is 198 g/mol. The van der Waals surface area contributed by atoms with Gasteiger partial charge in [-0.15, -0.1) is 0 Å². The van der Waals surface area contributed by atoms with E-state index in [4.69, 9.17) is 5.11 Å². The first kappa shape index (κ1) is 9.93. The predicted octanol–water partition coefficient (Wildman–Crippen LogP) is -0.230. The molecule has 1 amide bonds. The van der Waals surface area contributed by atoms with E-state index in [1.165, 1.54) is 0 Å². The molecule has 0 aromatic carbocycles. The summed E-state index contributed by atoms with van der Waals surface area (Å²) in [4.78, 5) is 11.3. The fraction of sp³-hybridized carbons (Fsp3) is 0.900. The van der Waals surface area contributed by atoms with Crippen LogP contribution in [0.25, 0.3) is 0 Å². The van der Waals surface area contributed by atoms with Gasteiger partial charge in [0.2, 0.25) is 5.91 Å². The summed E-state index contributed by atoms with van der Waals surface area (Å²) < 4.78 is 0. The van der Waals surface area contributed by atoms with Gasteiger partial charge in [-0.3, -0.25) is 4.79 Å². The van der Waals surface area contributed by atoms with Crippen molar-refractivity contribution in [2.24, 2.45) is 0 Å². The first-order valence-corrected chi connectivity index (χ1v) is 5.39. The van der Waals surface area contributed by atoms with Crippen molar-refractivity contribution in [3.8, 4) is 0 Å². The fourth-order valence-corrected chi connectivity index (χ4v) is 1.51.